The monoisotopic (exact) mass is 344 g/mol. The summed E-state index contributed by atoms with van der Waals surface area (Å²) in [5.74, 6) is -1.47. The topological polar surface area (TPSA) is 69.9 Å². The second kappa shape index (κ2) is 7.57. The van der Waals surface area contributed by atoms with Gasteiger partial charge in [0.1, 0.15) is 17.2 Å². The molecule has 3 rings (SSSR count). The molecule has 0 unspecified atom stereocenters. The van der Waals surface area contributed by atoms with E-state index in [-0.39, 0.29) is 31.2 Å². The van der Waals surface area contributed by atoms with E-state index in [1.165, 1.54) is 28.8 Å². The molecule has 0 atom stereocenters. The first-order valence-electron chi connectivity index (χ1n) is 7.22. The average molecular weight is 344 g/mol. The Morgan fingerprint density at radius 2 is 2.04 bits per heavy atom. The minimum atomic E-state index is -0.848. The number of ether oxygens (including phenoxy) is 2. The van der Waals surface area contributed by atoms with Crippen molar-refractivity contribution < 1.29 is 18.7 Å². The quantitative estimate of drug-likeness (QED) is 0.678. The van der Waals surface area contributed by atoms with E-state index < -0.39 is 17.3 Å². The van der Waals surface area contributed by atoms with Gasteiger partial charge in [0.05, 0.1) is 6.61 Å². The molecule has 0 aliphatic heterocycles. The Morgan fingerprint density at radius 3 is 2.76 bits per heavy atom. The van der Waals surface area contributed by atoms with Gasteiger partial charge in [-0.15, -0.1) is 0 Å². The van der Waals surface area contributed by atoms with Crippen LogP contribution in [0, 0.1) is 5.82 Å². The van der Waals surface area contributed by atoms with Crippen molar-refractivity contribution in [3.05, 3.63) is 70.4 Å². The van der Waals surface area contributed by atoms with Crippen molar-refractivity contribution in [2.75, 3.05) is 6.61 Å². The Bertz CT molecular complexity index is 969. The first-order chi connectivity index (χ1) is 11.6. The smallest absolute Gasteiger partial charge is 0.349 e. The highest BCUT2D eigenvalue weighted by Crippen LogP contribution is 2.23. The SMILES string of the molecule is C.CCOC(=O)c1c(Oc2cccc(F)c2)nc2ccccn2c1=O. The zero-order chi connectivity index (χ0) is 17.1. The molecule has 2 heterocycles. The van der Waals surface area contributed by atoms with Crippen LogP contribution in [-0.2, 0) is 4.74 Å². The number of rotatable bonds is 4. The molecule has 3 aromatic rings. The van der Waals surface area contributed by atoms with E-state index >= 15 is 0 Å². The second-order valence-electron chi connectivity index (χ2n) is 4.81. The van der Waals surface area contributed by atoms with Crippen molar-refractivity contribution in [1.29, 1.82) is 0 Å². The van der Waals surface area contributed by atoms with Gasteiger partial charge in [0.15, 0.2) is 5.56 Å². The summed E-state index contributed by atoms with van der Waals surface area (Å²) in [6, 6.07) is 10.2. The number of halogens is 1. The lowest BCUT2D eigenvalue weighted by molar-refractivity contribution is 0.0520. The van der Waals surface area contributed by atoms with E-state index in [4.69, 9.17) is 9.47 Å². The molecule has 6 nitrogen and oxygen atoms in total. The van der Waals surface area contributed by atoms with E-state index in [0.29, 0.717) is 5.65 Å². The molecule has 0 saturated heterocycles. The van der Waals surface area contributed by atoms with Crippen LogP contribution in [0.2, 0.25) is 0 Å². The van der Waals surface area contributed by atoms with Crippen LogP contribution in [0.15, 0.2) is 53.5 Å². The highest BCUT2D eigenvalue weighted by molar-refractivity contribution is 5.91. The molecule has 0 bridgehead atoms. The maximum atomic E-state index is 13.3. The number of carbonyl (C=O) groups is 1. The number of benzene rings is 1. The molecule has 0 spiro atoms. The number of fused-ring (bicyclic) bond motifs is 1. The van der Waals surface area contributed by atoms with Crippen LogP contribution in [-0.4, -0.2) is 22.0 Å². The lowest BCUT2D eigenvalue weighted by atomic mass is 10.3. The summed E-state index contributed by atoms with van der Waals surface area (Å²) in [4.78, 5) is 28.9. The van der Waals surface area contributed by atoms with Gasteiger partial charge in [0.25, 0.3) is 5.56 Å². The number of carbonyl (C=O) groups excluding carboxylic acids is 1. The van der Waals surface area contributed by atoms with Crippen LogP contribution in [0.25, 0.3) is 5.65 Å². The van der Waals surface area contributed by atoms with Crippen molar-refractivity contribution in [1.82, 2.24) is 9.38 Å². The van der Waals surface area contributed by atoms with Crippen molar-refractivity contribution in [2.24, 2.45) is 0 Å². The maximum absolute atomic E-state index is 13.3. The minimum Gasteiger partial charge on any atom is -0.462 e. The van der Waals surface area contributed by atoms with E-state index in [1.54, 1.807) is 25.1 Å². The highest BCUT2D eigenvalue weighted by Gasteiger charge is 2.23. The van der Waals surface area contributed by atoms with E-state index in [2.05, 4.69) is 4.98 Å². The average Bonchev–Trinajstić information content (AvgIpc) is 2.55. The van der Waals surface area contributed by atoms with Crippen LogP contribution >= 0.6 is 0 Å². The Labute approximate surface area is 143 Å². The van der Waals surface area contributed by atoms with Gasteiger partial charge in [0, 0.05) is 12.3 Å². The van der Waals surface area contributed by atoms with Crippen molar-refractivity contribution in [2.45, 2.75) is 14.4 Å². The van der Waals surface area contributed by atoms with Gasteiger partial charge in [-0.1, -0.05) is 19.6 Å². The number of hydrogen-bond acceptors (Lipinski definition) is 5. The zero-order valence-electron chi connectivity index (χ0n) is 12.7. The van der Waals surface area contributed by atoms with Gasteiger partial charge < -0.3 is 9.47 Å². The molecule has 0 aliphatic rings. The van der Waals surface area contributed by atoms with E-state index in [9.17, 15) is 14.0 Å². The third-order valence-electron chi connectivity index (χ3n) is 3.19. The molecule has 0 radical (unpaired) electrons. The predicted molar refractivity (Wildman–Crippen MR) is 90.6 cm³/mol. The molecule has 1 aromatic carbocycles. The molecule has 0 aliphatic carbocycles. The molecule has 0 amide bonds. The van der Waals surface area contributed by atoms with Crippen LogP contribution in [0.3, 0.4) is 0 Å². The molecule has 130 valence electrons. The molecule has 7 heteroatoms. The molecule has 2 aromatic heterocycles. The largest absolute Gasteiger partial charge is 0.462 e. The Hall–Kier alpha value is -3.22. The number of pyridine rings is 1. The third kappa shape index (κ3) is 3.65. The summed E-state index contributed by atoms with van der Waals surface area (Å²) in [7, 11) is 0. The Balaban J connectivity index is 0.00000225. The van der Waals surface area contributed by atoms with Crippen LogP contribution in [0.4, 0.5) is 4.39 Å². The van der Waals surface area contributed by atoms with Gasteiger partial charge in [-0.25, -0.2) is 9.18 Å². The number of esters is 1. The van der Waals surface area contributed by atoms with Gasteiger partial charge in [0.2, 0.25) is 5.88 Å². The number of aromatic nitrogens is 2. The van der Waals surface area contributed by atoms with Crippen LogP contribution < -0.4 is 10.3 Å². The molecule has 0 fully saturated rings. The zero-order valence-corrected chi connectivity index (χ0v) is 12.7. The molecule has 0 N–H and O–H groups in total. The molecular weight excluding hydrogens is 327 g/mol. The fourth-order valence-corrected chi connectivity index (χ4v) is 2.16. The van der Waals surface area contributed by atoms with Gasteiger partial charge in [-0.05, 0) is 31.2 Å². The summed E-state index contributed by atoms with van der Waals surface area (Å²) in [5, 5.41) is 0. The second-order valence-corrected chi connectivity index (χ2v) is 4.81. The van der Waals surface area contributed by atoms with Gasteiger partial charge in [-0.2, -0.15) is 4.98 Å². The maximum Gasteiger partial charge on any atom is 0.349 e. The van der Waals surface area contributed by atoms with Gasteiger partial charge in [-0.3, -0.25) is 9.20 Å². The number of nitrogens with zero attached hydrogens (tertiary/aromatic N) is 2. The third-order valence-corrected chi connectivity index (χ3v) is 3.19. The molecular formula is C18H17FN2O4. The first kappa shape index (κ1) is 18.1. The lowest BCUT2D eigenvalue weighted by Gasteiger charge is -2.11. The van der Waals surface area contributed by atoms with Crippen molar-refractivity contribution in [3.8, 4) is 11.6 Å². The minimum absolute atomic E-state index is 0. The van der Waals surface area contributed by atoms with Gasteiger partial charge >= 0.3 is 5.97 Å². The van der Waals surface area contributed by atoms with Crippen LogP contribution in [0.1, 0.15) is 24.7 Å². The summed E-state index contributed by atoms with van der Waals surface area (Å²) in [5.41, 5.74) is -0.669. The van der Waals surface area contributed by atoms with E-state index in [0.717, 1.165) is 6.07 Å². The summed E-state index contributed by atoms with van der Waals surface area (Å²) < 4.78 is 24.9. The van der Waals surface area contributed by atoms with Crippen molar-refractivity contribution >= 4 is 11.6 Å². The van der Waals surface area contributed by atoms with E-state index in [1.807, 2.05) is 0 Å². The molecule has 25 heavy (non-hydrogen) atoms. The van der Waals surface area contributed by atoms with Crippen molar-refractivity contribution in [3.63, 3.8) is 0 Å². The predicted octanol–water partition coefficient (Wildman–Crippen LogP) is 3.44. The van der Waals surface area contributed by atoms with Crippen LogP contribution in [0.5, 0.6) is 11.6 Å². The summed E-state index contributed by atoms with van der Waals surface area (Å²) in [6.45, 7) is 1.71. The number of hydrogen-bond donors (Lipinski definition) is 0. The fraction of sp³-hybridized carbons (Fsp3) is 0.167. The highest BCUT2D eigenvalue weighted by atomic mass is 19.1. The fourth-order valence-electron chi connectivity index (χ4n) is 2.16. The summed E-state index contributed by atoms with van der Waals surface area (Å²) in [6.07, 6.45) is 1.49. The first-order valence-corrected chi connectivity index (χ1v) is 7.22. The standard InChI is InChI=1S/C17H13FN2O4.CH4/c1-2-23-17(22)14-15(24-12-7-5-6-11(18)10-12)19-13-8-3-4-9-20(13)16(14)21;/h3-10H,2H2,1H3;1H4. The summed E-state index contributed by atoms with van der Waals surface area (Å²) >= 11 is 0. The molecule has 0 saturated carbocycles. The Kier molecular flexibility index (Phi) is 5.49. The lowest BCUT2D eigenvalue weighted by Crippen LogP contribution is -2.25. The normalized spacial score (nSPS) is 10.2. The Morgan fingerprint density at radius 1 is 1.24 bits per heavy atom.